The fourth-order valence-corrected chi connectivity index (χ4v) is 2.78. The lowest BCUT2D eigenvalue weighted by Gasteiger charge is -2.20. The summed E-state index contributed by atoms with van der Waals surface area (Å²) in [5.74, 6) is 2.57. The van der Waals surface area contributed by atoms with E-state index in [-0.39, 0.29) is 6.04 Å². The third-order valence-corrected chi connectivity index (χ3v) is 4.06. The average Bonchev–Trinajstić information content (AvgIpc) is 2.97. The molecule has 0 heterocycles. The van der Waals surface area contributed by atoms with Gasteiger partial charge in [-0.05, 0) is 44.9 Å². The highest BCUT2D eigenvalue weighted by Gasteiger charge is 2.19. The molecule has 19 heavy (non-hydrogen) atoms. The van der Waals surface area contributed by atoms with Gasteiger partial charge < -0.3 is 14.8 Å². The van der Waals surface area contributed by atoms with Crippen LogP contribution >= 0.6 is 0 Å². The summed E-state index contributed by atoms with van der Waals surface area (Å²) < 4.78 is 11.5. The van der Waals surface area contributed by atoms with Crippen molar-refractivity contribution in [2.75, 3.05) is 20.8 Å². The molecule has 0 saturated heterocycles. The van der Waals surface area contributed by atoms with Crippen molar-refractivity contribution in [3.63, 3.8) is 0 Å². The van der Waals surface area contributed by atoms with Crippen molar-refractivity contribution in [3.8, 4) is 11.5 Å². The fraction of sp³-hybridized carbons (Fsp3) is 0.625. The molecule has 1 atom stereocenters. The lowest BCUT2D eigenvalue weighted by molar-refractivity contribution is 0.246. The van der Waals surface area contributed by atoms with Crippen LogP contribution in [-0.2, 0) is 0 Å². The van der Waals surface area contributed by atoms with Gasteiger partial charge >= 0.3 is 0 Å². The van der Waals surface area contributed by atoms with Gasteiger partial charge in [-0.15, -0.1) is 0 Å². The molecule has 0 aliphatic heterocycles. The highest BCUT2D eigenvalue weighted by Crippen LogP contribution is 2.35. The predicted molar refractivity (Wildman–Crippen MR) is 77.9 cm³/mol. The van der Waals surface area contributed by atoms with Gasteiger partial charge in [0.1, 0.15) is 11.5 Å². The van der Waals surface area contributed by atoms with Gasteiger partial charge in [0.05, 0.1) is 19.3 Å². The van der Waals surface area contributed by atoms with Crippen LogP contribution in [0.2, 0.25) is 0 Å². The molecule has 0 bridgehead atoms. The van der Waals surface area contributed by atoms with Gasteiger partial charge in [0.2, 0.25) is 0 Å². The molecule has 0 spiro atoms. The van der Waals surface area contributed by atoms with Crippen LogP contribution in [0.5, 0.6) is 11.5 Å². The van der Waals surface area contributed by atoms with Crippen LogP contribution in [0, 0.1) is 5.92 Å². The Bertz CT molecular complexity index is 400. The Balaban J connectivity index is 2.13. The lowest BCUT2D eigenvalue weighted by Crippen LogP contribution is -2.16. The van der Waals surface area contributed by atoms with E-state index < -0.39 is 0 Å². The number of methoxy groups -OCH3 is 1. The maximum absolute atomic E-state index is 6.07. The van der Waals surface area contributed by atoms with Gasteiger partial charge in [-0.2, -0.15) is 0 Å². The van der Waals surface area contributed by atoms with Crippen molar-refractivity contribution < 1.29 is 9.47 Å². The molecule has 1 aliphatic carbocycles. The topological polar surface area (TPSA) is 30.5 Å². The van der Waals surface area contributed by atoms with E-state index in [4.69, 9.17) is 9.47 Å². The summed E-state index contributed by atoms with van der Waals surface area (Å²) >= 11 is 0. The summed E-state index contributed by atoms with van der Waals surface area (Å²) in [4.78, 5) is 0. The van der Waals surface area contributed by atoms with Crippen LogP contribution in [0.3, 0.4) is 0 Å². The van der Waals surface area contributed by atoms with Crippen molar-refractivity contribution in [1.29, 1.82) is 0 Å². The SMILES string of the molecule is CNC(C)c1c(OC)cccc1OCC1CCCC1. The minimum atomic E-state index is 0.217. The first-order valence-corrected chi connectivity index (χ1v) is 7.23. The first-order chi connectivity index (χ1) is 9.26. The Kier molecular flexibility index (Phi) is 5.08. The van der Waals surface area contributed by atoms with E-state index in [1.807, 2.05) is 25.2 Å². The van der Waals surface area contributed by atoms with E-state index in [9.17, 15) is 0 Å². The quantitative estimate of drug-likeness (QED) is 0.851. The van der Waals surface area contributed by atoms with E-state index >= 15 is 0 Å². The minimum Gasteiger partial charge on any atom is -0.496 e. The highest BCUT2D eigenvalue weighted by atomic mass is 16.5. The summed E-state index contributed by atoms with van der Waals surface area (Å²) in [6, 6.07) is 6.25. The monoisotopic (exact) mass is 263 g/mol. The number of ether oxygens (including phenoxy) is 2. The third-order valence-electron chi connectivity index (χ3n) is 4.06. The maximum Gasteiger partial charge on any atom is 0.127 e. The van der Waals surface area contributed by atoms with Crippen molar-refractivity contribution in [2.45, 2.75) is 38.6 Å². The number of hydrogen-bond acceptors (Lipinski definition) is 3. The number of rotatable bonds is 6. The summed E-state index contributed by atoms with van der Waals surface area (Å²) in [7, 11) is 3.67. The van der Waals surface area contributed by atoms with E-state index in [0.29, 0.717) is 0 Å². The van der Waals surface area contributed by atoms with Crippen LogP contribution in [-0.4, -0.2) is 20.8 Å². The maximum atomic E-state index is 6.07. The number of nitrogens with one attached hydrogen (secondary N) is 1. The molecule has 106 valence electrons. The Labute approximate surface area is 116 Å². The van der Waals surface area contributed by atoms with E-state index in [1.165, 1.54) is 25.7 Å². The van der Waals surface area contributed by atoms with Gasteiger partial charge in [0, 0.05) is 6.04 Å². The Morgan fingerprint density at radius 1 is 1.26 bits per heavy atom. The normalized spacial score (nSPS) is 17.4. The first kappa shape index (κ1) is 14.2. The molecule has 1 aromatic rings. The highest BCUT2D eigenvalue weighted by molar-refractivity contribution is 5.46. The van der Waals surface area contributed by atoms with Crippen LogP contribution in [0.15, 0.2) is 18.2 Å². The smallest absolute Gasteiger partial charge is 0.127 e. The van der Waals surface area contributed by atoms with Gasteiger partial charge in [-0.3, -0.25) is 0 Å². The van der Waals surface area contributed by atoms with Crippen LogP contribution in [0.1, 0.15) is 44.2 Å². The lowest BCUT2D eigenvalue weighted by atomic mass is 10.1. The van der Waals surface area contributed by atoms with Crippen LogP contribution in [0.25, 0.3) is 0 Å². The molecule has 0 amide bonds. The van der Waals surface area contributed by atoms with Crippen molar-refractivity contribution in [1.82, 2.24) is 5.32 Å². The predicted octanol–water partition coefficient (Wildman–Crippen LogP) is 3.54. The zero-order chi connectivity index (χ0) is 13.7. The summed E-state index contributed by atoms with van der Waals surface area (Å²) in [6.45, 7) is 2.96. The second-order valence-electron chi connectivity index (χ2n) is 5.34. The molecule has 1 N–H and O–H groups in total. The van der Waals surface area contributed by atoms with Crippen molar-refractivity contribution in [3.05, 3.63) is 23.8 Å². The molecule has 1 fully saturated rings. The van der Waals surface area contributed by atoms with E-state index in [2.05, 4.69) is 12.2 Å². The first-order valence-electron chi connectivity index (χ1n) is 7.23. The minimum absolute atomic E-state index is 0.217. The van der Waals surface area contributed by atoms with Crippen LogP contribution in [0.4, 0.5) is 0 Å². The zero-order valence-corrected chi connectivity index (χ0v) is 12.2. The van der Waals surface area contributed by atoms with Gasteiger partial charge in [0.25, 0.3) is 0 Å². The van der Waals surface area contributed by atoms with Crippen molar-refractivity contribution in [2.24, 2.45) is 5.92 Å². The Morgan fingerprint density at radius 2 is 1.95 bits per heavy atom. The Hall–Kier alpha value is -1.22. The van der Waals surface area contributed by atoms with Crippen molar-refractivity contribution >= 4 is 0 Å². The fourth-order valence-electron chi connectivity index (χ4n) is 2.78. The molecular formula is C16H25NO2. The molecule has 1 unspecified atom stereocenters. The second-order valence-corrected chi connectivity index (χ2v) is 5.34. The molecule has 3 nitrogen and oxygen atoms in total. The number of hydrogen-bond donors (Lipinski definition) is 1. The van der Waals surface area contributed by atoms with Gasteiger partial charge in [-0.25, -0.2) is 0 Å². The molecule has 1 saturated carbocycles. The molecular weight excluding hydrogens is 238 g/mol. The average molecular weight is 263 g/mol. The molecule has 3 heteroatoms. The largest absolute Gasteiger partial charge is 0.496 e. The summed E-state index contributed by atoms with van der Waals surface area (Å²) in [6.07, 6.45) is 5.32. The second kappa shape index (κ2) is 6.80. The third kappa shape index (κ3) is 3.41. The Morgan fingerprint density at radius 3 is 2.58 bits per heavy atom. The summed E-state index contributed by atoms with van der Waals surface area (Å²) in [5, 5.41) is 3.26. The molecule has 1 aliphatic rings. The molecule has 2 rings (SSSR count). The van der Waals surface area contributed by atoms with Gasteiger partial charge in [-0.1, -0.05) is 18.9 Å². The molecule has 0 aromatic heterocycles. The number of benzene rings is 1. The van der Waals surface area contributed by atoms with E-state index in [1.54, 1.807) is 7.11 Å². The van der Waals surface area contributed by atoms with E-state index in [0.717, 1.165) is 29.6 Å². The summed E-state index contributed by atoms with van der Waals surface area (Å²) in [5.41, 5.74) is 1.12. The molecule has 0 radical (unpaired) electrons. The van der Waals surface area contributed by atoms with Gasteiger partial charge in [0.15, 0.2) is 0 Å². The zero-order valence-electron chi connectivity index (χ0n) is 12.2. The molecule has 1 aromatic carbocycles. The standard InChI is InChI=1S/C16H25NO2/c1-12(17-2)16-14(18-3)9-6-10-15(16)19-11-13-7-4-5-8-13/h6,9-10,12-13,17H,4-5,7-8,11H2,1-3H3. The van der Waals surface area contributed by atoms with Crippen LogP contribution < -0.4 is 14.8 Å².